The molecule has 0 radical (unpaired) electrons. The molecule has 0 spiro atoms. The van der Waals surface area contributed by atoms with Crippen molar-refractivity contribution in [3.05, 3.63) is 59.7 Å². The fraction of sp³-hybridized carbons (Fsp3) is 0.278. The van der Waals surface area contributed by atoms with Crippen LogP contribution in [0.1, 0.15) is 28.7 Å². The Labute approximate surface area is 135 Å². The van der Waals surface area contributed by atoms with Crippen molar-refractivity contribution in [1.82, 2.24) is 14.9 Å². The lowest BCUT2D eigenvalue weighted by atomic mass is 10.1. The summed E-state index contributed by atoms with van der Waals surface area (Å²) in [6.45, 7) is 5.13. The number of hydrogen-bond acceptors (Lipinski definition) is 4. The number of carbonyl (C=O) groups is 1. The highest BCUT2D eigenvalue weighted by Crippen LogP contribution is 2.18. The number of benzene rings is 1. The van der Waals surface area contributed by atoms with Crippen molar-refractivity contribution in [2.45, 2.75) is 20.3 Å². The summed E-state index contributed by atoms with van der Waals surface area (Å²) in [7, 11) is 0. The molecule has 0 aliphatic carbocycles. The average molecular weight is 309 g/mol. The molecule has 2 heterocycles. The number of hydrogen-bond donors (Lipinski definition) is 0. The molecule has 1 amide bonds. The van der Waals surface area contributed by atoms with Crippen LogP contribution in [-0.4, -0.2) is 33.9 Å². The number of nitrogens with zero attached hydrogens (tertiary/aromatic N) is 3. The predicted molar refractivity (Wildman–Crippen MR) is 88.3 cm³/mol. The second kappa shape index (κ2) is 6.60. The third kappa shape index (κ3) is 3.39. The van der Waals surface area contributed by atoms with Crippen molar-refractivity contribution in [3.63, 3.8) is 0 Å². The van der Waals surface area contributed by atoms with Crippen LogP contribution in [0.5, 0.6) is 0 Å². The van der Waals surface area contributed by atoms with E-state index in [1.807, 2.05) is 24.0 Å². The van der Waals surface area contributed by atoms with Crippen LogP contribution in [0.4, 0.5) is 0 Å². The van der Waals surface area contributed by atoms with E-state index in [1.54, 1.807) is 37.5 Å². The van der Waals surface area contributed by atoms with E-state index in [4.69, 9.17) is 4.42 Å². The molecule has 0 aliphatic rings. The van der Waals surface area contributed by atoms with Gasteiger partial charge in [-0.15, -0.1) is 0 Å². The summed E-state index contributed by atoms with van der Waals surface area (Å²) in [5.74, 6) is 0.624. The Bertz CT molecular complexity index is 812. The second-order valence-electron chi connectivity index (χ2n) is 5.41. The van der Waals surface area contributed by atoms with E-state index in [1.165, 1.54) is 5.56 Å². The fourth-order valence-corrected chi connectivity index (χ4v) is 2.58. The highest BCUT2D eigenvalue weighted by molar-refractivity contribution is 5.97. The van der Waals surface area contributed by atoms with Crippen LogP contribution in [0.2, 0.25) is 0 Å². The van der Waals surface area contributed by atoms with Crippen LogP contribution < -0.4 is 0 Å². The SMILES string of the molecule is CCN(CCc1ccncc1)C(=O)c1ccc2oc(C)nc2c1. The number of aryl methyl sites for hydroxylation is 1. The van der Waals surface area contributed by atoms with Gasteiger partial charge in [-0.1, -0.05) is 0 Å². The molecule has 1 aromatic carbocycles. The summed E-state index contributed by atoms with van der Waals surface area (Å²) < 4.78 is 5.45. The Morgan fingerprint density at radius 3 is 2.74 bits per heavy atom. The number of fused-ring (bicyclic) bond motifs is 1. The predicted octanol–water partition coefficient (Wildman–Crippen LogP) is 3.24. The lowest BCUT2D eigenvalue weighted by Crippen LogP contribution is -2.32. The third-order valence-corrected chi connectivity index (χ3v) is 3.83. The number of aromatic nitrogens is 2. The molecule has 0 atom stereocenters. The van der Waals surface area contributed by atoms with Crippen molar-refractivity contribution in [1.29, 1.82) is 0 Å². The maximum atomic E-state index is 12.7. The zero-order chi connectivity index (χ0) is 16.2. The normalized spacial score (nSPS) is 10.9. The molecule has 0 unspecified atom stereocenters. The van der Waals surface area contributed by atoms with Gasteiger partial charge in [-0.25, -0.2) is 4.98 Å². The van der Waals surface area contributed by atoms with E-state index in [0.29, 0.717) is 30.1 Å². The molecule has 0 aliphatic heterocycles. The van der Waals surface area contributed by atoms with E-state index < -0.39 is 0 Å². The van der Waals surface area contributed by atoms with Gasteiger partial charge in [-0.05, 0) is 49.2 Å². The third-order valence-electron chi connectivity index (χ3n) is 3.83. The summed E-state index contributed by atoms with van der Waals surface area (Å²) in [5, 5.41) is 0. The number of likely N-dealkylation sites (N-methyl/N-ethyl adjacent to an activating group) is 1. The largest absolute Gasteiger partial charge is 0.441 e. The first-order chi connectivity index (χ1) is 11.2. The van der Waals surface area contributed by atoms with Crippen molar-refractivity contribution < 1.29 is 9.21 Å². The minimum absolute atomic E-state index is 0.0177. The smallest absolute Gasteiger partial charge is 0.253 e. The van der Waals surface area contributed by atoms with Crippen LogP contribution in [-0.2, 0) is 6.42 Å². The first kappa shape index (κ1) is 15.2. The lowest BCUT2D eigenvalue weighted by Gasteiger charge is -2.21. The van der Waals surface area contributed by atoms with Gasteiger partial charge in [0.05, 0.1) is 0 Å². The monoisotopic (exact) mass is 309 g/mol. The number of carbonyl (C=O) groups excluding carboxylic acids is 1. The van der Waals surface area contributed by atoms with Crippen molar-refractivity contribution in [2.24, 2.45) is 0 Å². The van der Waals surface area contributed by atoms with Gasteiger partial charge in [0.15, 0.2) is 11.5 Å². The summed E-state index contributed by atoms with van der Waals surface area (Å²) in [5.41, 5.74) is 3.24. The van der Waals surface area contributed by atoms with Gasteiger partial charge in [0.1, 0.15) is 5.52 Å². The van der Waals surface area contributed by atoms with Gasteiger partial charge >= 0.3 is 0 Å². The van der Waals surface area contributed by atoms with Gasteiger partial charge in [0.25, 0.3) is 5.91 Å². The molecule has 0 bridgehead atoms. The minimum atomic E-state index is 0.0177. The standard InChI is InChI=1S/C18H19N3O2/c1-3-21(11-8-14-6-9-19-10-7-14)18(22)15-4-5-17-16(12-15)20-13(2)23-17/h4-7,9-10,12H,3,8,11H2,1-2H3. The molecule has 0 saturated heterocycles. The number of amides is 1. The van der Waals surface area contributed by atoms with E-state index >= 15 is 0 Å². The van der Waals surface area contributed by atoms with E-state index in [0.717, 1.165) is 11.9 Å². The first-order valence-corrected chi connectivity index (χ1v) is 7.72. The van der Waals surface area contributed by atoms with Crippen LogP contribution in [0.25, 0.3) is 11.1 Å². The first-order valence-electron chi connectivity index (χ1n) is 7.72. The molecule has 2 aromatic heterocycles. The quantitative estimate of drug-likeness (QED) is 0.726. The summed E-state index contributed by atoms with van der Waals surface area (Å²) in [6, 6.07) is 9.35. The maximum Gasteiger partial charge on any atom is 0.253 e. The Balaban J connectivity index is 1.75. The molecule has 5 nitrogen and oxygen atoms in total. The van der Waals surface area contributed by atoms with Crippen LogP contribution in [0.15, 0.2) is 47.1 Å². The van der Waals surface area contributed by atoms with Crippen molar-refractivity contribution >= 4 is 17.0 Å². The molecule has 3 rings (SSSR count). The van der Waals surface area contributed by atoms with Crippen LogP contribution in [0, 0.1) is 6.92 Å². The fourth-order valence-electron chi connectivity index (χ4n) is 2.58. The Morgan fingerprint density at radius 2 is 2.00 bits per heavy atom. The molecule has 23 heavy (non-hydrogen) atoms. The van der Waals surface area contributed by atoms with Gasteiger partial charge in [-0.3, -0.25) is 9.78 Å². The van der Waals surface area contributed by atoms with Crippen molar-refractivity contribution in [2.75, 3.05) is 13.1 Å². The molecular weight excluding hydrogens is 290 g/mol. The lowest BCUT2D eigenvalue weighted by molar-refractivity contribution is 0.0766. The summed E-state index contributed by atoms with van der Waals surface area (Å²) in [4.78, 5) is 22.8. The van der Waals surface area contributed by atoms with E-state index in [-0.39, 0.29) is 5.91 Å². The van der Waals surface area contributed by atoms with Crippen molar-refractivity contribution in [3.8, 4) is 0 Å². The highest BCUT2D eigenvalue weighted by Gasteiger charge is 2.15. The van der Waals surface area contributed by atoms with Gasteiger partial charge < -0.3 is 9.32 Å². The van der Waals surface area contributed by atoms with Crippen LogP contribution in [0.3, 0.4) is 0 Å². The molecule has 5 heteroatoms. The topological polar surface area (TPSA) is 59.2 Å². The number of pyridine rings is 1. The Morgan fingerprint density at radius 1 is 1.22 bits per heavy atom. The van der Waals surface area contributed by atoms with E-state index in [2.05, 4.69) is 9.97 Å². The number of rotatable bonds is 5. The minimum Gasteiger partial charge on any atom is -0.441 e. The Kier molecular flexibility index (Phi) is 4.37. The molecule has 0 fully saturated rings. The zero-order valence-electron chi connectivity index (χ0n) is 13.3. The number of oxazole rings is 1. The molecule has 3 aromatic rings. The van der Waals surface area contributed by atoms with E-state index in [9.17, 15) is 4.79 Å². The van der Waals surface area contributed by atoms with Gasteiger partial charge in [0, 0.05) is 38.0 Å². The maximum absolute atomic E-state index is 12.7. The molecule has 0 N–H and O–H groups in total. The average Bonchev–Trinajstić information content (AvgIpc) is 2.95. The molecule has 118 valence electrons. The zero-order valence-corrected chi connectivity index (χ0v) is 13.3. The highest BCUT2D eigenvalue weighted by atomic mass is 16.3. The molecule has 0 saturated carbocycles. The Hall–Kier alpha value is -2.69. The molecular formula is C18H19N3O2. The summed E-state index contributed by atoms with van der Waals surface area (Å²) >= 11 is 0. The summed E-state index contributed by atoms with van der Waals surface area (Å²) in [6.07, 6.45) is 4.36. The van der Waals surface area contributed by atoms with Gasteiger partial charge in [-0.2, -0.15) is 0 Å². The van der Waals surface area contributed by atoms with Gasteiger partial charge in [0.2, 0.25) is 0 Å². The second-order valence-corrected chi connectivity index (χ2v) is 5.41. The van der Waals surface area contributed by atoms with Crippen LogP contribution >= 0.6 is 0 Å².